The van der Waals surface area contributed by atoms with Crippen molar-refractivity contribution < 1.29 is 14.5 Å². The second-order valence-corrected chi connectivity index (χ2v) is 6.26. The molecule has 0 saturated heterocycles. The van der Waals surface area contributed by atoms with Crippen LogP contribution in [0.1, 0.15) is 29.8 Å². The zero-order chi connectivity index (χ0) is 18.4. The molecule has 0 aliphatic rings. The lowest BCUT2D eigenvalue weighted by atomic mass is 10.1. The minimum absolute atomic E-state index is 0.141. The molecule has 2 rings (SSSR count). The fourth-order valence-electron chi connectivity index (χ4n) is 2.03. The van der Waals surface area contributed by atoms with E-state index in [0.29, 0.717) is 23.4 Å². The maximum absolute atomic E-state index is 12.1. The second-order valence-electron chi connectivity index (χ2n) is 5.02. The maximum atomic E-state index is 12.1. The van der Waals surface area contributed by atoms with Gasteiger partial charge in [0.1, 0.15) is 0 Å². The van der Waals surface area contributed by atoms with Crippen molar-refractivity contribution >= 4 is 39.9 Å². The largest absolute Gasteiger partial charge is 0.487 e. The zero-order valence-corrected chi connectivity index (χ0v) is 15.8. The molecule has 2 aromatic carbocycles. The topological polar surface area (TPSA) is 93.8 Å². The third-order valence-electron chi connectivity index (χ3n) is 3.30. The number of amides is 1. The van der Waals surface area contributed by atoms with Crippen LogP contribution in [0.15, 0.2) is 47.6 Å². The van der Waals surface area contributed by atoms with E-state index in [1.807, 2.05) is 12.1 Å². The highest BCUT2D eigenvalue weighted by molar-refractivity contribution is 14.1. The molecule has 0 aromatic heterocycles. The van der Waals surface area contributed by atoms with Crippen LogP contribution in [0.3, 0.4) is 0 Å². The molecule has 0 atom stereocenters. The molecule has 0 radical (unpaired) electrons. The van der Waals surface area contributed by atoms with Crippen molar-refractivity contribution in [1.29, 1.82) is 0 Å². The summed E-state index contributed by atoms with van der Waals surface area (Å²) in [6.07, 6.45) is 0. The van der Waals surface area contributed by atoms with Crippen LogP contribution in [0, 0.1) is 13.7 Å². The number of ether oxygens (including phenoxy) is 1. The molecule has 0 saturated carbocycles. The first-order valence-electron chi connectivity index (χ1n) is 7.44. The highest BCUT2D eigenvalue weighted by Gasteiger charge is 2.16. The predicted molar refractivity (Wildman–Crippen MR) is 103 cm³/mol. The van der Waals surface area contributed by atoms with E-state index in [4.69, 9.17) is 4.74 Å². The highest BCUT2D eigenvalue weighted by atomic mass is 127. The number of nitro benzene ring substituents is 1. The molecular formula is C17H16IN3O4. The van der Waals surface area contributed by atoms with Gasteiger partial charge in [0.05, 0.1) is 17.2 Å². The Bertz CT molecular complexity index is 819. The Morgan fingerprint density at radius 2 is 1.88 bits per heavy atom. The van der Waals surface area contributed by atoms with Crippen LogP contribution in [-0.4, -0.2) is 23.1 Å². The van der Waals surface area contributed by atoms with Gasteiger partial charge in [-0.3, -0.25) is 14.9 Å². The van der Waals surface area contributed by atoms with Gasteiger partial charge < -0.3 is 4.74 Å². The van der Waals surface area contributed by atoms with Crippen molar-refractivity contribution in [3.8, 4) is 5.75 Å². The van der Waals surface area contributed by atoms with Gasteiger partial charge in [-0.15, -0.1) is 0 Å². The third-order valence-corrected chi connectivity index (χ3v) is 4.02. The number of carbonyl (C=O) groups is 1. The Balaban J connectivity index is 2.18. The Morgan fingerprint density at radius 1 is 1.24 bits per heavy atom. The second kappa shape index (κ2) is 8.56. The van der Waals surface area contributed by atoms with Gasteiger partial charge >= 0.3 is 5.69 Å². The number of hydrogen-bond acceptors (Lipinski definition) is 5. The van der Waals surface area contributed by atoms with Crippen LogP contribution in [0.25, 0.3) is 0 Å². The van der Waals surface area contributed by atoms with E-state index in [0.717, 1.165) is 3.57 Å². The summed E-state index contributed by atoms with van der Waals surface area (Å²) in [4.78, 5) is 22.7. The lowest BCUT2D eigenvalue weighted by Gasteiger charge is -2.07. The SMILES string of the molecule is CCOc1ccc(/C(C)=N\NC(=O)c2ccc(I)cc2)cc1[N+](=O)[O-]. The molecule has 0 bridgehead atoms. The summed E-state index contributed by atoms with van der Waals surface area (Å²) in [7, 11) is 0. The Hall–Kier alpha value is -2.49. The minimum atomic E-state index is -0.508. The number of hydrazone groups is 1. The van der Waals surface area contributed by atoms with E-state index in [-0.39, 0.29) is 17.3 Å². The Labute approximate surface area is 158 Å². The van der Waals surface area contributed by atoms with E-state index in [1.54, 1.807) is 32.0 Å². The number of hydrogen-bond donors (Lipinski definition) is 1. The third kappa shape index (κ3) is 4.99. The summed E-state index contributed by atoms with van der Waals surface area (Å²) in [6.45, 7) is 3.75. The van der Waals surface area contributed by atoms with Crippen molar-refractivity contribution in [3.05, 3.63) is 67.3 Å². The maximum Gasteiger partial charge on any atom is 0.311 e. The van der Waals surface area contributed by atoms with Crippen LogP contribution in [-0.2, 0) is 0 Å². The smallest absolute Gasteiger partial charge is 0.311 e. The molecule has 0 aliphatic heterocycles. The summed E-state index contributed by atoms with van der Waals surface area (Å²) >= 11 is 2.15. The first kappa shape index (κ1) is 18.8. The molecule has 2 aromatic rings. The minimum Gasteiger partial charge on any atom is -0.487 e. The van der Waals surface area contributed by atoms with Gasteiger partial charge in [-0.1, -0.05) is 0 Å². The van der Waals surface area contributed by atoms with Gasteiger partial charge in [-0.05, 0) is 72.8 Å². The standard InChI is InChI=1S/C17H16IN3O4/c1-3-25-16-9-6-13(10-15(16)21(23)24)11(2)19-20-17(22)12-4-7-14(18)8-5-12/h4-10H,3H2,1-2H3,(H,20,22)/b19-11-. The van der Waals surface area contributed by atoms with Crippen molar-refractivity contribution in [2.75, 3.05) is 6.61 Å². The number of halogens is 1. The molecule has 1 N–H and O–H groups in total. The molecule has 1 amide bonds. The van der Waals surface area contributed by atoms with Crippen LogP contribution >= 0.6 is 22.6 Å². The summed E-state index contributed by atoms with van der Waals surface area (Å²) in [5.41, 5.74) is 3.77. The normalized spacial score (nSPS) is 11.1. The fraction of sp³-hybridized carbons (Fsp3) is 0.176. The molecule has 0 spiro atoms. The molecule has 0 fully saturated rings. The predicted octanol–water partition coefficient (Wildman–Crippen LogP) is 3.75. The average molecular weight is 453 g/mol. The quantitative estimate of drug-likeness (QED) is 0.312. The number of benzene rings is 2. The number of rotatable bonds is 6. The van der Waals surface area contributed by atoms with Crippen LogP contribution < -0.4 is 10.2 Å². The van der Waals surface area contributed by atoms with E-state index in [1.165, 1.54) is 12.1 Å². The Kier molecular flexibility index (Phi) is 6.45. The van der Waals surface area contributed by atoms with Crippen LogP contribution in [0.5, 0.6) is 5.75 Å². The van der Waals surface area contributed by atoms with Crippen molar-refractivity contribution in [3.63, 3.8) is 0 Å². The van der Waals surface area contributed by atoms with E-state index >= 15 is 0 Å². The summed E-state index contributed by atoms with van der Waals surface area (Å²) in [5.74, 6) is -0.150. The number of nitrogens with one attached hydrogen (secondary N) is 1. The first-order chi connectivity index (χ1) is 11.9. The Morgan fingerprint density at radius 3 is 2.48 bits per heavy atom. The molecule has 0 aliphatic carbocycles. The molecular weight excluding hydrogens is 437 g/mol. The lowest BCUT2D eigenvalue weighted by Crippen LogP contribution is -2.19. The van der Waals surface area contributed by atoms with E-state index < -0.39 is 4.92 Å². The summed E-state index contributed by atoms with van der Waals surface area (Å²) in [5, 5.41) is 15.2. The lowest BCUT2D eigenvalue weighted by molar-refractivity contribution is -0.385. The van der Waals surface area contributed by atoms with Gasteiger partial charge in [0.25, 0.3) is 5.91 Å². The van der Waals surface area contributed by atoms with E-state index in [9.17, 15) is 14.9 Å². The zero-order valence-electron chi connectivity index (χ0n) is 13.7. The number of nitrogens with zero attached hydrogens (tertiary/aromatic N) is 2. The van der Waals surface area contributed by atoms with Gasteiger partial charge in [0.2, 0.25) is 0 Å². The van der Waals surface area contributed by atoms with Gasteiger partial charge in [-0.25, -0.2) is 5.43 Å². The van der Waals surface area contributed by atoms with Crippen molar-refractivity contribution in [2.45, 2.75) is 13.8 Å². The van der Waals surface area contributed by atoms with Crippen LogP contribution in [0.2, 0.25) is 0 Å². The molecule has 7 nitrogen and oxygen atoms in total. The highest BCUT2D eigenvalue weighted by Crippen LogP contribution is 2.28. The van der Waals surface area contributed by atoms with Crippen LogP contribution in [0.4, 0.5) is 5.69 Å². The average Bonchev–Trinajstić information content (AvgIpc) is 2.60. The van der Waals surface area contributed by atoms with Gasteiger partial charge in [0, 0.05) is 20.8 Å². The van der Waals surface area contributed by atoms with E-state index in [2.05, 4.69) is 33.1 Å². The number of nitro groups is 1. The molecule has 130 valence electrons. The number of carbonyl (C=O) groups excluding carboxylic acids is 1. The van der Waals surface area contributed by atoms with Gasteiger partial charge in [0.15, 0.2) is 5.75 Å². The monoisotopic (exact) mass is 453 g/mol. The van der Waals surface area contributed by atoms with Crippen molar-refractivity contribution in [2.24, 2.45) is 5.10 Å². The molecule has 25 heavy (non-hydrogen) atoms. The first-order valence-corrected chi connectivity index (χ1v) is 8.52. The summed E-state index contributed by atoms with van der Waals surface area (Å²) < 4.78 is 6.27. The molecule has 8 heteroatoms. The molecule has 0 unspecified atom stereocenters. The van der Waals surface area contributed by atoms with Gasteiger partial charge in [-0.2, -0.15) is 5.10 Å². The summed E-state index contributed by atoms with van der Waals surface area (Å²) in [6, 6.07) is 11.6. The fourth-order valence-corrected chi connectivity index (χ4v) is 2.39. The molecule has 0 heterocycles. The van der Waals surface area contributed by atoms with Crippen molar-refractivity contribution in [1.82, 2.24) is 5.43 Å².